The van der Waals surface area contributed by atoms with Crippen LogP contribution in [-0.4, -0.2) is 0 Å². The molecule has 0 spiro atoms. The van der Waals surface area contributed by atoms with Gasteiger partial charge >= 0.3 is 0 Å². The number of thioether (sulfide) groups is 1. The quantitative estimate of drug-likeness (QED) is 0.354. The summed E-state index contributed by atoms with van der Waals surface area (Å²) in [6.45, 7) is 4.55. The Morgan fingerprint density at radius 1 is 0.560 bits per heavy atom. The van der Waals surface area contributed by atoms with Crippen molar-refractivity contribution in [3.63, 3.8) is 0 Å². The van der Waals surface area contributed by atoms with Crippen molar-refractivity contribution < 1.29 is 0 Å². The molecule has 0 aliphatic carbocycles. The summed E-state index contributed by atoms with van der Waals surface area (Å²) >= 11 is 2.07. The predicted octanol–water partition coefficient (Wildman–Crippen LogP) is 7.59. The van der Waals surface area contributed by atoms with Crippen molar-refractivity contribution in [2.75, 3.05) is 0 Å². The van der Waals surface area contributed by atoms with Crippen LogP contribution in [0.3, 0.4) is 0 Å². The number of aryl methyl sites for hydroxylation is 2. The summed E-state index contributed by atoms with van der Waals surface area (Å²) in [5, 5.41) is 0. The van der Waals surface area contributed by atoms with E-state index < -0.39 is 0 Å². The highest BCUT2D eigenvalue weighted by atomic mass is 32.2. The first kappa shape index (κ1) is 20.1. The molecule has 2 aromatic carbocycles. The zero-order valence-electron chi connectivity index (χ0n) is 16.1. The first-order chi connectivity index (χ1) is 12.3. The molecule has 1 heteroatoms. The van der Waals surface area contributed by atoms with Gasteiger partial charge in [0, 0.05) is 11.5 Å². The van der Waals surface area contributed by atoms with Gasteiger partial charge in [-0.15, -0.1) is 0 Å². The van der Waals surface area contributed by atoms with Crippen LogP contribution >= 0.6 is 11.8 Å². The van der Waals surface area contributed by atoms with Gasteiger partial charge in [-0.3, -0.25) is 0 Å². The zero-order chi connectivity index (χ0) is 17.7. The van der Waals surface area contributed by atoms with Gasteiger partial charge in [0.2, 0.25) is 0 Å². The first-order valence-corrected chi connectivity index (χ1v) is 11.2. The van der Waals surface area contributed by atoms with Crippen LogP contribution in [0.4, 0.5) is 0 Å². The Balaban J connectivity index is 1.88. The van der Waals surface area contributed by atoms with Crippen molar-refractivity contribution in [2.45, 2.75) is 76.7 Å². The standard InChI is InChI=1S/C24H34S/c1-3-5-7-13-21-15-9-11-17-23(21)19-25-20-24-18-12-10-16-22(24)14-8-6-4-2/h9-12,15-18H,3-8,13-14,19-20H2,1-2H3. The predicted molar refractivity (Wildman–Crippen MR) is 114 cm³/mol. The Labute approximate surface area is 159 Å². The molecule has 0 N–H and O–H groups in total. The monoisotopic (exact) mass is 354 g/mol. The molecule has 0 unspecified atom stereocenters. The van der Waals surface area contributed by atoms with Crippen LogP contribution in [0.2, 0.25) is 0 Å². The van der Waals surface area contributed by atoms with E-state index in [2.05, 4.69) is 74.1 Å². The Morgan fingerprint density at radius 3 is 1.36 bits per heavy atom. The van der Waals surface area contributed by atoms with E-state index in [9.17, 15) is 0 Å². The zero-order valence-corrected chi connectivity index (χ0v) is 16.9. The lowest BCUT2D eigenvalue weighted by Crippen LogP contribution is -1.95. The van der Waals surface area contributed by atoms with Crippen molar-refractivity contribution in [3.8, 4) is 0 Å². The lowest BCUT2D eigenvalue weighted by atomic mass is 10.0. The van der Waals surface area contributed by atoms with E-state index in [-0.39, 0.29) is 0 Å². The van der Waals surface area contributed by atoms with E-state index in [0.717, 1.165) is 11.5 Å². The van der Waals surface area contributed by atoms with E-state index in [1.807, 2.05) is 0 Å². The van der Waals surface area contributed by atoms with Crippen molar-refractivity contribution in [1.29, 1.82) is 0 Å². The fraction of sp³-hybridized carbons (Fsp3) is 0.500. The third-order valence-corrected chi connectivity index (χ3v) is 5.88. The first-order valence-electron chi connectivity index (χ1n) is 10.1. The molecule has 0 fully saturated rings. The third kappa shape index (κ3) is 7.28. The Kier molecular flexibility index (Phi) is 9.81. The minimum absolute atomic E-state index is 1.13. The van der Waals surface area contributed by atoms with Gasteiger partial charge in [0.15, 0.2) is 0 Å². The largest absolute Gasteiger partial charge is 0.152 e. The number of rotatable bonds is 12. The molecule has 0 heterocycles. The summed E-state index contributed by atoms with van der Waals surface area (Å²) in [5.41, 5.74) is 6.18. The maximum atomic E-state index is 2.32. The van der Waals surface area contributed by atoms with Gasteiger partial charge in [-0.1, -0.05) is 88.1 Å². The lowest BCUT2D eigenvalue weighted by molar-refractivity contribution is 0.715. The molecular formula is C24H34S. The second-order valence-electron chi connectivity index (χ2n) is 6.94. The van der Waals surface area contributed by atoms with Gasteiger partial charge in [0.25, 0.3) is 0 Å². The number of benzene rings is 2. The Morgan fingerprint density at radius 2 is 0.960 bits per heavy atom. The van der Waals surface area contributed by atoms with E-state index in [1.54, 1.807) is 11.1 Å². The second kappa shape index (κ2) is 12.2. The van der Waals surface area contributed by atoms with Gasteiger partial charge in [0.1, 0.15) is 0 Å². The van der Waals surface area contributed by atoms with Crippen LogP contribution in [0.25, 0.3) is 0 Å². The molecule has 0 aliphatic rings. The van der Waals surface area contributed by atoms with Gasteiger partial charge in [-0.2, -0.15) is 11.8 Å². The highest BCUT2D eigenvalue weighted by Crippen LogP contribution is 2.24. The van der Waals surface area contributed by atoms with Crippen molar-refractivity contribution >= 4 is 11.8 Å². The highest BCUT2D eigenvalue weighted by Gasteiger charge is 2.05. The summed E-state index contributed by atoms with van der Waals surface area (Å²) in [5.74, 6) is 2.26. The molecule has 0 nitrogen and oxygen atoms in total. The molecule has 2 aromatic rings. The smallest absolute Gasteiger partial charge is 0.0190 e. The fourth-order valence-corrected chi connectivity index (χ4v) is 4.39. The topological polar surface area (TPSA) is 0 Å². The van der Waals surface area contributed by atoms with Gasteiger partial charge in [-0.05, 0) is 47.9 Å². The van der Waals surface area contributed by atoms with Crippen molar-refractivity contribution in [1.82, 2.24) is 0 Å². The molecule has 136 valence electrons. The minimum Gasteiger partial charge on any atom is -0.152 e. The molecule has 0 radical (unpaired) electrons. The molecule has 0 bridgehead atoms. The maximum absolute atomic E-state index is 2.32. The molecule has 0 atom stereocenters. The molecule has 0 amide bonds. The molecule has 0 saturated carbocycles. The van der Waals surface area contributed by atoms with Crippen LogP contribution in [0.1, 0.15) is 74.6 Å². The summed E-state index contributed by atoms with van der Waals surface area (Å²) in [4.78, 5) is 0. The molecule has 2 rings (SSSR count). The van der Waals surface area contributed by atoms with Gasteiger partial charge in [-0.25, -0.2) is 0 Å². The third-order valence-electron chi connectivity index (χ3n) is 4.85. The average Bonchev–Trinajstić information content (AvgIpc) is 2.64. The van der Waals surface area contributed by atoms with Crippen LogP contribution in [0.15, 0.2) is 48.5 Å². The number of hydrogen-bond donors (Lipinski definition) is 0. The van der Waals surface area contributed by atoms with Crippen LogP contribution in [0, 0.1) is 0 Å². The van der Waals surface area contributed by atoms with Crippen molar-refractivity contribution in [3.05, 3.63) is 70.8 Å². The van der Waals surface area contributed by atoms with Crippen LogP contribution in [0.5, 0.6) is 0 Å². The van der Waals surface area contributed by atoms with E-state index in [4.69, 9.17) is 0 Å². The van der Waals surface area contributed by atoms with Crippen LogP contribution in [-0.2, 0) is 24.3 Å². The number of hydrogen-bond acceptors (Lipinski definition) is 1. The SMILES string of the molecule is CCCCCc1ccccc1CSCc1ccccc1CCCCC. The minimum atomic E-state index is 1.13. The molecule has 0 aromatic heterocycles. The van der Waals surface area contributed by atoms with Gasteiger partial charge < -0.3 is 0 Å². The number of unbranched alkanes of at least 4 members (excludes halogenated alkanes) is 4. The normalized spacial score (nSPS) is 11.0. The average molecular weight is 355 g/mol. The van der Waals surface area contributed by atoms with E-state index in [0.29, 0.717) is 0 Å². The second-order valence-corrected chi connectivity index (χ2v) is 7.93. The molecule has 25 heavy (non-hydrogen) atoms. The molecule has 0 saturated heterocycles. The van der Waals surface area contributed by atoms with Crippen molar-refractivity contribution in [2.24, 2.45) is 0 Å². The Hall–Kier alpha value is -1.21. The van der Waals surface area contributed by atoms with E-state index >= 15 is 0 Å². The van der Waals surface area contributed by atoms with E-state index in [1.165, 1.54) is 62.5 Å². The molecule has 0 aliphatic heterocycles. The fourth-order valence-electron chi connectivity index (χ4n) is 3.29. The Bertz CT molecular complexity index is 549. The van der Waals surface area contributed by atoms with Crippen LogP contribution < -0.4 is 0 Å². The summed E-state index contributed by atoms with van der Waals surface area (Å²) < 4.78 is 0. The van der Waals surface area contributed by atoms with Gasteiger partial charge in [0.05, 0.1) is 0 Å². The summed E-state index contributed by atoms with van der Waals surface area (Å²) in [6, 6.07) is 18.1. The maximum Gasteiger partial charge on any atom is 0.0190 e. The summed E-state index contributed by atoms with van der Waals surface area (Å²) in [6.07, 6.45) is 10.4. The highest BCUT2D eigenvalue weighted by molar-refractivity contribution is 7.97. The lowest BCUT2D eigenvalue weighted by Gasteiger charge is -2.11. The molecular weight excluding hydrogens is 320 g/mol. The summed E-state index contributed by atoms with van der Waals surface area (Å²) in [7, 11) is 0.